The van der Waals surface area contributed by atoms with E-state index in [2.05, 4.69) is 20.4 Å². The van der Waals surface area contributed by atoms with Gasteiger partial charge in [-0.1, -0.05) is 34.6 Å². The van der Waals surface area contributed by atoms with Gasteiger partial charge in [-0.15, -0.1) is 0 Å². The molecule has 2 heterocycles. The number of nitrogens with zero attached hydrogens (tertiary/aromatic N) is 3. The summed E-state index contributed by atoms with van der Waals surface area (Å²) in [5, 5.41) is 7.44. The summed E-state index contributed by atoms with van der Waals surface area (Å²) in [6.45, 7) is 5.77. The Kier molecular flexibility index (Phi) is 5.14. The fourth-order valence-corrected chi connectivity index (χ4v) is 2.93. The van der Waals surface area contributed by atoms with Crippen LogP contribution in [-0.2, 0) is 4.79 Å². The lowest BCUT2D eigenvalue weighted by atomic mass is 10.1. The van der Waals surface area contributed by atoms with Crippen molar-refractivity contribution in [1.82, 2.24) is 15.1 Å². The number of hydrogen-bond donors (Lipinski definition) is 1. The summed E-state index contributed by atoms with van der Waals surface area (Å²) in [5.41, 5.74) is 3.82. The Bertz CT molecular complexity index is 890. The third kappa shape index (κ3) is 4.45. The highest BCUT2D eigenvalue weighted by molar-refractivity contribution is 7.99. The molecule has 0 bridgehead atoms. The van der Waals surface area contributed by atoms with Gasteiger partial charge in [-0.05, 0) is 44.5 Å². The van der Waals surface area contributed by atoms with Crippen LogP contribution in [0.15, 0.2) is 46.1 Å². The summed E-state index contributed by atoms with van der Waals surface area (Å²) in [6.07, 6.45) is 1.66. The van der Waals surface area contributed by atoms with E-state index in [1.54, 1.807) is 13.1 Å². The number of carbonyl (C=O) groups excluding carboxylic acids is 1. The Balaban J connectivity index is 1.57. The van der Waals surface area contributed by atoms with Gasteiger partial charge in [-0.3, -0.25) is 4.79 Å². The van der Waals surface area contributed by atoms with Crippen LogP contribution in [-0.4, -0.2) is 26.8 Å². The number of aromatic nitrogens is 3. The SMILES string of the molecule is Cc1ccc(NC(=O)CSc2ccc(-c3nc(C)no3)cn2)c(C)c1. The molecule has 3 rings (SSSR count). The van der Waals surface area contributed by atoms with E-state index in [9.17, 15) is 4.79 Å². The zero-order chi connectivity index (χ0) is 17.8. The van der Waals surface area contributed by atoms with Gasteiger partial charge in [-0.2, -0.15) is 4.98 Å². The molecule has 2 aromatic heterocycles. The average Bonchev–Trinajstić information content (AvgIpc) is 3.02. The second kappa shape index (κ2) is 7.48. The first-order chi connectivity index (χ1) is 12.0. The molecule has 0 spiro atoms. The van der Waals surface area contributed by atoms with Crippen LogP contribution < -0.4 is 5.32 Å². The van der Waals surface area contributed by atoms with Gasteiger partial charge >= 0.3 is 0 Å². The normalized spacial score (nSPS) is 10.7. The van der Waals surface area contributed by atoms with Crippen LogP contribution in [0.2, 0.25) is 0 Å². The maximum absolute atomic E-state index is 12.1. The van der Waals surface area contributed by atoms with E-state index in [1.165, 1.54) is 17.3 Å². The van der Waals surface area contributed by atoms with Gasteiger partial charge in [0.25, 0.3) is 5.89 Å². The zero-order valence-corrected chi connectivity index (χ0v) is 15.1. The second-order valence-electron chi connectivity index (χ2n) is 5.69. The molecule has 25 heavy (non-hydrogen) atoms. The number of anilines is 1. The van der Waals surface area contributed by atoms with Gasteiger partial charge in [-0.25, -0.2) is 4.98 Å². The maximum atomic E-state index is 12.1. The van der Waals surface area contributed by atoms with E-state index in [4.69, 9.17) is 4.52 Å². The van der Waals surface area contributed by atoms with Gasteiger partial charge < -0.3 is 9.84 Å². The summed E-state index contributed by atoms with van der Waals surface area (Å²) in [6, 6.07) is 9.64. The van der Waals surface area contributed by atoms with E-state index < -0.39 is 0 Å². The molecule has 1 aromatic carbocycles. The summed E-state index contributed by atoms with van der Waals surface area (Å²) < 4.78 is 5.10. The summed E-state index contributed by atoms with van der Waals surface area (Å²) >= 11 is 1.38. The van der Waals surface area contributed by atoms with Gasteiger partial charge in [0, 0.05) is 11.9 Å². The third-order valence-electron chi connectivity index (χ3n) is 3.52. The first-order valence-corrected chi connectivity index (χ1v) is 8.76. The number of thioether (sulfide) groups is 1. The first-order valence-electron chi connectivity index (χ1n) is 7.78. The van der Waals surface area contributed by atoms with Crippen LogP contribution in [0.5, 0.6) is 0 Å². The van der Waals surface area contributed by atoms with Crippen LogP contribution in [0.4, 0.5) is 5.69 Å². The van der Waals surface area contributed by atoms with E-state index in [1.807, 2.05) is 44.2 Å². The molecule has 3 aromatic rings. The third-order valence-corrected chi connectivity index (χ3v) is 4.46. The molecule has 0 atom stereocenters. The molecule has 0 aliphatic heterocycles. The Labute approximate surface area is 150 Å². The minimum atomic E-state index is -0.0599. The zero-order valence-electron chi connectivity index (χ0n) is 14.2. The molecule has 0 saturated carbocycles. The number of amides is 1. The number of rotatable bonds is 5. The molecule has 0 aliphatic carbocycles. The Morgan fingerprint density at radius 3 is 2.68 bits per heavy atom. The molecule has 1 N–H and O–H groups in total. The Hall–Kier alpha value is -2.67. The molecule has 0 fully saturated rings. The number of carbonyl (C=O) groups is 1. The predicted octanol–water partition coefficient (Wildman–Crippen LogP) is 3.79. The minimum absolute atomic E-state index is 0.0599. The fraction of sp³-hybridized carbons (Fsp3) is 0.222. The number of nitrogens with one attached hydrogen (secondary N) is 1. The number of benzene rings is 1. The van der Waals surface area contributed by atoms with Crippen LogP contribution >= 0.6 is 11.8 Å². The van der Waals surface area contributed by atoms with Crippen LogP contribution in [0.1, 0.15) is 17.0 Å². The topological polar surface area (TPSA) is 80.9 Å². The van der Waals surface area contributed by atoms with Crippen molar-refractivity contribution < 1.29 is 9.32 Å². The van der Waals surface area contributed by atoms with E-state index >= 15 is 0 Å². The minimum Gasteiger partial charge on any atom is -0.334 e. The van der Waals surface area contributed by atoms with Gasteiger partial charge in [0.15, 0.2) is 5.82 Å². The maximum Gasteiger partial charge on any atom is 0.259 e. The van der Waals surface area contributed by atoms with Crippen LogP contribution in [0.25, 0.3) is 11.5 Å². The highest BCUT2D eigenvalue weighted by atomic mass is 32.2. The van der Waals surface area contributed by atoms with Crippen molar-refractivity contribution in [2.75, 3.05) is 11.1 Å². The fourth-order valence-electron chi connectivity index (χ4n) is 2.29. The Morgan fingerprint density at radius 2 is 2.04 bits per heavy atom. The molecular weight excluding hydrogens is 336 g/mol. The highest BCUT2D eigenvalue weighted by Gasteiger charge is 2.09. The van der Waals surface area contributed by atoms with Gasteiger partial charge in [0.05, 0.1) is 16.3 Å². The second-order valence-corrected chi connectivity index (χ2v) is 6.68. The number of aryl methyl sites for hydroxylation is 3. The van der Waals surface area contributed by atoms with Crippen molar-refractivity contribution in [3.05, 3.63) is 53.5 Å². The van der Waals surface area contributed by atoms with E-state index in [0.717, 1.165) is 21.8 Å². The predicted molar refractivity (Wildman–Crippen MR) is 97.5 cm³/mol. The van der Waals surface area contributed by atoms with Crippen molar-refractivity contribution in [2.45, 2.75) is 25.8 Å². The van der Waals surface area contributed by atoms with Gasteiger partial charge in [0.2, 0.25) is 5.91 Å². The summed E-state index contributed by atoms with van der Waals surface area (Å²) in [7, 11) is 0. The molecule has 7 heteroatoms. The van der Waals surface area contributed by atoms with E-state index in [0.29, 0.717) is 17.5 Å². The lowest BCUT2D eigenvalue weighted by molar-refractivity contribution is -0.113. The smallest absolute Gasteiger partial charge is 0.259 e. The molecular formula is C18H18N4O2S. The summed E-state index contributed by atoms with van der Waals surface area (Å²) in [4.78, 5) is 20.6. The molecule has 0 radical (unpaired) electrons. The molecule has 128 valence electrons. The molecule has 0 saturated heterocycles. The lowest BCUT2D eigenvalue weighted by Crippen LogP contribution is -2.14. The average molecular weight is 354 g/mol. The van der Waals surface area contributed by atoms with Crippen molar-refractivity contribution in [1.29, 1.82) is 0 Å². The largest absolute Gasteiger partial charge is 0.334 e. The Morgan fingerprint density at radius 1 is 1.20 bits per heavy atom. The standard InChI is InChI=1S/C18H18N4O2S/c1-11-4-6-15(12(2)8-11)21-16(23)10-25-17-7-5-14(9-19-17)18-20-13(3)22-24-18/h4-9H,10H2,1-3H3,(H,21,23). The van der Waals surface area contributed by atoms with Crippen molar-refractivity contribution >= 4 is 23.4 Å². The molecule has 6 nitrogen and oxygen atoms in total. The quantitative estimate of drug-likeness (QED) is 0.702. The van der Waals surface area contributed by atoms with Crippen molar-refractivity contribution in [2.24, 2.45) is 0 Å². The molecule has 0 unspecified atom stereocenters. The molecule has 0 aliphatic rings. The van der Waals surface area contributed by atoms with Crippen LogP contribution in [0.3, 0.4) is 0 Å². The van der Waals surface area contributed by atoms with E-state index in [-0.39, 0.29) is 5.91 Å². The van der Waals surface area contributed by atoms with Crippen LogP contribution in [0, 0.1) is 20.8 Å². The monoisotopic (exact) mass is 354 g/mol. The van der Waals surface area contributed by atoms with Crippen molar-refractivity contribution in [3.63, 3.8) is 0 Å². The number of hydrogen-bond acceptors (Lipinski definition) is 6. The molecule has 1 amide bonds. The first kappa shape index (κ1) is 17.2. The number of pyridine rings is 1. The lowest BCUT2D eigenvalue weighted by Gasteiger charge is -2.09. The van der Waals surface area contributed by atoms with Crippen molar-refractivity contribution in [3.8, 4) is 11.5 Å². The highest BCUT2D eigenvalue weighted by Crippen LogP contribution is 2.21. The summed E-state index contributed by atoms with van der Waals surface area (Å²) in [5.74, 6) is 1.25. The van der Waals surface area contributed by atoms with Gasteiger partial charge in [0.1, 0.15) is 0 Å².